The standard InChI is InChI=1S/C12H16N2OS2/c15-12(14-8-1-4-13-7-8)11-9-2-5-16-10(9)3-6-17-11/h2,5,8,11,13H,1,3-4,6-7H2,(H,14,15). The maximum absolute atomic E-state index is 12.3. The van der Waals surface area contributed by atoms with Crippen LogP contribution in [-0.4, -0.2) is 30.8 Å². The highest BCUT2D eigenvalue weighted by Gasteiger charge is 2.29. The molecule has 0 radical (unpaired) electrons. The summed E-state index contributed by atoms with van der Waals surface area (Å²) in [4.78, 5) is 13.7. The Morgan fingerprint density at radius 3 is 3.29 bits per heavy atom. The monoisotopic (exact) mass is 268 g/mol. The van der Waals surface area contributed by atoms with Crippen molar-refractivity contribution in [2.75, 3.05) is 18.8 Å². The average Bonchev–Trinajstić information content (AvgIpc) is 2.97. The summed E-state index contributed by atoms with van der Waals surface area (Å²) >= 11 is 3.56. The molecule has 2 N–H and O–H groups in total. The van der Waals surface area contributed by atoms with Crippen LogP contribution in [0.5, 0.6) is 0 Å². The van der Waals surface area contributed by atoms with Crippen molar-refractivity contribution in [1.82, 2.24) is 10.6 Å². The Kier molecular flexibility index (Phi) is 3.40. The first kappa shape index (κ1) is 11.6. The van der Waals surface area contributed by atoms with E-state index in [0.29, 0.717) is 6.04 Å². The summed E-state index contributed by atoms with van der Waals surface area (Å²) in [5.41, 5.74) is 1.25. The first-order valence-corrected chi connectivity index (χ1v) is 7.96. The van der Waals surface area contributed by atoms with Crippen molar-refractivity contribution in [2.24, 2.45) is 0 Å². The van der Waals surface area contributed by atoms with Crippen LogP contribution in [0.1, 0.15) is 22.1 Å². The van der Waals surface area contributed by atoms with E-state index in [1.807, 2.05) is 0 Å². The SMILES string of the molecule is O=C(NC1CCNC1)C1SCCc2sccc21. The van der Waals surface area contributed by atoms with Crippen molar-refractivity contribution in [2.45, 2.75) is 24.1 Å². The van der Waals surface area contributed by atoms with Crippen LogP contribution in [0.25, 0.3) is 0 Å². The Morgan fingerprint density at radius 2 is 2.47 bits per heavy atom. The second-order valence-electron chi connectivity index (χ2n) is 4.50. The zero-order chi connectivity index (χ0) is 11.7. The van der Waals surface area contributed by atoms with E-state index in [1.54, 1.807) is 23.1 Å². The van der Waals surface area contributed by atoms with Crippen LogP contribution in [0.15, 0.2) is 11.4 Å². The number of hydrogen-bond acceptors (Lipinski definition) is 4. The van der Waals surface area contributed by atoms with Gasteiger partial charge in [0.2, 0.25) is 5.91 Å². The molecule has 3 nitrogen and oxygen atoms in total. The fourth-order valence-corrected chi connectivity index (χ4v) is 4.72. The predicted octanol–water partition coefficient (Wildman–Crippen LogP) is 1.56. The van der Waals surface area contributed by atoms with Gasteiger partial charge in [-0.25, -0.2) is 0 Å². The summed E-state index contributed by atoms with van der Waals surface area (Å²) in [7, 11) is 0. The van der Waals surface area contributed by atoms with Gasteiger partial charge in [0, 0.05) is 17.5 Å². The molecule has 2 atom stereocenters. The average molecular weight is 268 g/mol. The van der Waals surface area contributed by atoms with E-state index in [9.17, 15) is 4.79 Å². The lowest BCUT2D eigenvalue weighted by molar-refractivity contribution is -0.121. The van der Waals surface area contributed by atoms with Gasteiger partial charge in [-0.15, -0.1) is 23.1 Å². The van der Waals surface area contributed by atoms with E-state index in [0.717, 1.165) is 31.7 Å². The summed E-state index contributed by atoms with van der Waals surface area (Å²) in [6.07, 6.45) is 2.17. The minimum Gasteiger partial charge on any atom is -0.351 e. The molecule has 2 unspecified atom stereocenters. The fourth-order valence-electron chi connectivity index (χ4n) is 2.42. The first-order chi connectivity index (χ1) is 8.34. The molecule has 1 amide bonds. The number of nitrogens with one attached hydrogen (secondary N) is 2. The molecule has 0 aliphatic carbocycles. The maximum Gasteiger partial charge on any atom is 0.237 e. The first-order valence-electron chi connectivity index (χ1n) is 6.03. The highest BCUT2D eigenvalue weighted by Crippen LogP contribution is 2.39. The van der Waals surface area contributed by atoms with Crippen LogP contribution in [0, 0.1) is 0 Å². The van der Waals surface area contributed by atoms with E-state index in [-0.39, 0.29) is 11.2 Å². The van der Waals surface area contributed by atoms with Gasteiger partial charge in [0.05, 0.1) is 0 Å². The molecule has 1 saturated heterocycles. The Hall–Kier alpha value is -0.520. The summed E-state index contributed by atoms with van der Waals surface area (Å²) in [5, 5.41) is 8.56. The lowest BCUT2D eigenvalue weighted by Crippen LogP contribution is -2.39. The van der Waals surface area contributed by atoms with Crippen molar-refractivity contribution in [3.8, 4) is 0 Å². The normalized spacial score (nSPS) is 27.8. The van der Waals surface area contributed by atoms with Gasteiger partial charge in [0.15, 0.2) is 0 Å². The zero-order valence-corrected chi connectivity index (χ0v) is 11.2. The predicted molar refractivity (Wildman–Crippen MR) is 72.6 cm³/mol. The van der Waals surface area contributed by atoms with E-state index >= 15 is 0 Å². The van der Waals surface area contributed by atoms with E-state index in [2.05, 4.69) is 22.1 Å². The number of thioether (sulfide) groups is 1. The number of fused-ring (bicyclic) bond motifs is 1. The summed E-state index contributed by atoms with van der Waals surface area (Å²) < 4.78 is 0. The van der Waals surface area contributed by atoms with Crippen LogP contribution in [-0.2, 0) is 11.2 Å². The Morgan fingerprint density at radius 1 is 1.53 bits per heavy atom. The lowest BCUT2D eigenvalue weighted by Gasteiger charge is -2.23. The van der Waals surface area contributed by atoms with Crippen LogP contribution < -0.4 is 10.6 Å². The van der Waals surface area contributed by atoms with Crippen LogP contribution in [0.2, 0.25) is 0 Å². The van der Waals surface area contributed by atoms with Crippen molar-refractivity contribution in [3.63, 3.8) is 0 Å². The Bertz CT molecular complexity index is 412. The third-order valence-corrected chi connectivity index (χ3v) is 5.56. The number of amides is 1. The molecule has 5 heteroatoms. The van der Waals surface area contributed by atoms with Crippen LogP contribution in [0.4, 0.5) is 0 Å². The molecule has 0 spiro atoms. The van der Waals surface area contributed by atoms with Crippen LogP contribution in [0.3, 0.4) is 0 Å². The Labute approximate surface area is 109 Å². The summed E-state index contributed by atoms with van der Waals surface area (Å²) in [5.74, 6) is 1.26. The largest absolute Gasteiger partial charge is 0.351 e. The number of thiophene rings is 1. The molecule has 1 aromatic rings. The minimum absolute atomic E-state index is 0.0191. The molecule has 17 heavy (non-hydrogen) atoms. The van der Waals surface area contributed by atoms with Crippen molar-refractivity contribution in [1.29, 1.82) is 0 Å². The van der Waals surface area contributed by atoms with Gasteiger partial charge in [0.25, 0.3) is 0 Å². The summed E-state index contributed by atoms with van der Waals surface area (Å²) in [6.45, 7) is 1.94. The molecule has 3 heterocycles. The highest BCUT2D eigenvalue weighted by atomic mass is 32.2. The fraction of sp³-hybridized carbons (Fsp3) is 0.583. The number of carbonyl (C=O) groups excluding carboxylic acids is 1. The quantitative estimate of drug-likeness (QED) is 0.855. The molecular formula is C12H16N2OS2. The molecule has 2 aliphatic rings. The summed E-state index contributed by atoms with van der Waals surface area (Å²) in [6, 6.07) is 2.44. The van der Waals surface area contributed by atoms with Crippen molar-refractivity contribution >= 4 is 29.0 Å². The van der Waals surface area contributed by atoms with E-state index in [1.165, 1.54) is 10.4 Å². The van der Waals surface area contributed by atoms with E-state index < -0.39 is 0 Å². The molecule has 1 aromatic heterocycles. The van der Waals surface area contributed by atoms with Crippen molar-refractivity contribution < 1.29 is 4.79 Å². The van der Waals surface area contributed by atoms with Gasteiger partial charge in [-0.2, -0.15) is 0 Å². The molecule has 0 bridgehead atoms. The molecule has 3 rings (SSSR count). The lowest BCUT2D eigenvalue weighted by atomic mass is 10.1. The topological polar surface area (TPSA) is 41.1 Å². The molecule has 0 saturated carbocycles. The van der Waals surface area contributed by atoms with Crippen LogP contribution >= 0.6 is 23.1 Å². The molecule has 92 valence electrons. The number of rotatable bonds is 2. The number of aryl methyl sites for hydroxylation is 1. The van der Waals surface area contributed by atoms with Gasteiger partial charge >= 0.3 is 0 Å². The van der Waals surface area contributed by atoms with Gasteiger partial charge in [-0.3, -0.25) is 4.79 Å². The molecule has 0 aromatic carbocycles. The third-order valence-electron chi connectivity index (χ3n) is 3.32. The van der Waals surface area contributed by atoms with Crippen molar-refractivity contribution in [3.05, 3.63) is 21.9 Å². The van der Waals surface area contributed by atoms with Gasteiger partial charge in [-0.1, -0.05) is 0 Å². The Balaban J connectivity index is 1.70. The molecule has 2 aliphatic heterocycles. The number of hydrogen-bond donors (Lipinski definition) is 2. The highest BCUT2D eigenvalue weighted by molar-refractivity contribution is 8.00. The van der Waals surface area contributed by atoms with E-state index in [4.69, 9.17) is 0 Å². The maximum atomic E-state index is 12.3. The van der Waals surface area contributed by atoms with Gasteiger partial charge in [0.1, 0.15) is 5.25 Å². The number of carbonyl (C=O) groups is 1. The minimum atomic E-state index is 0.0191. The smallest absolute Gasteiger partial charge is 0.237 e. The second kappa shape index (κ2) is 5.00. The van der Waals surface area contributed by atoms with Gasteiger partial charge < -0.3 is 10.6 Å². The zero-order valence-electron chi connectivity index (χ0n) is 9.57. The second-order valence-corrected chi connectivity index (χ2v) is 6.71. The third kappa shape index (κ3) is 2.37. The molecule has 1 fully saturated rings. The van der Waals surface area contributed by atoms with Gasteiger partial charge in [-0.05, 0) is 42.1 Å². The molecular weight excluding hydrogens is 252 g/mol.